The van der Waals surface area contributed by atoms with E-state index in [1.165, 1.54) is 91.2 Å². The normalized spacial score (nSPS) is 12.6. The van der Waals surface area contributed by atoms with E-state index in [1.54, 1.807) is 0 Å². The van der Waals surface area contributed by atoms with Crippen molar-refractivity contribution in [2.75, 3.05) is 0 Å². The minimum Gasteiger partial charge on any atom is -0.295 e. The Morgan fingerprint density at radius 3 is 1.64 bits per heavy atom. The predicted octanol–water partition coefficient (Wildman–Crippen LogP) is 14.6. The molecule has 0 radical (unpaired) electrons. The number of para-hydroxylation sites is 3. The fraction of sp³-hybridized carbons (Fsp3) is 0.0189. The fourth-order valence-corrected chi connectivity index (χ4v) is 10.4. The monoisotopic (exact) mass is 730 g/mol. The predicted molar refractivity (Wildman–Crippen MR) is 239 cm³/mol. The molecule has 2 nitrogen and oxygen atoms in total. The Hall–Kier alpha value is -6.94. The van der Waals surface area contributed by atoms with E-state index in [0.29, 0.717) is 0 Å². The van der Waals surface area contributed by atoms with Crippen LogP contribution in [0.15, 0.2) is 200 Å². The van der Waals surface area contributed by atoms with Gasteiger partial charge in [0.2, 0.25) is 0 Å². The van der Waals surface area contributed by atoms with Crippen LogP contribution in [0.3, 0.4) is 0 Å². The Bertz CT molecular complexity index is 3470. The van der Waals surface area contributed by atoms with Crippen LogP contribution in [0.1, 0.15) is 22.6 Å². The van der Waals surface area contributed by atoms with Gasteiger partial charge in [0.05, 0.1) is 11.0 Å². The van der Waals surface area contributed by atoms with Crippen molar-refractivity contribution >= 4 is 85.9 Å². The summed E-state index contributed by atoms with van der Waals surface area (Å²) in [6, 6.07) is 74.1. The van der Waals surface area contributed by atoms with E-state index in [2.05, 4.69) is 209 Å². The first-order chi connectivity index (χ1) is 27.8. The number of hydrogen-bond acceptors (Lipinski definition) is 1. The lowest BCUT2D eigenvalue weighted by Crippen LogP contribution is -2.05. The van der Waals surface area contributed by atoms with Crippen molar-refractivity contribution in [1.29, 1.82) is 0 Å². The van der Waals surface area contributed by atoms with Gasteiger partial charge in [0, 0.05) is 53.6 Å². The zero-order chi connectivity index (χ0) is 36.7. The van der Waals surface area contributed by atoms with Crippen LogP contribution in [0, 0.1) is 0 Å². The maximum absolute atomic E-state index is 2.46. The lowest BCUT2D eigenvalue weighted by atomic mass is 9.83. The van der Waals surface area contributed by atoms with Crippen LogP contribution in [0.4, 0.5) is 0 Å². The second kappa shape index (κ2) is 12.3. The molecule has 12 aromatic rings. The number of aromatic nitrogens is 2. The molecule has 0 saturated carbocycles. The van der Waals surface area contributed by atoms with Gasteiger partial charge in [-0.3, -0.25) is 9.13 Å². The number of fused-ring (bicyclic) bond motifs is 11. The van der Waals surface area contributed by atoms with Gasteiger partial charge in [0.25, 0.3) is 0 Å². The van der Waals surface area contributed by atoms with Gasteiger partial charge < -0.3 is 0 Å². The minimum absolute atomic E-state index is 0.0418. The minimum atomic E-state index is 0.0418. The highest BCUT2D eigenvalue weighted by atomic mass is 32.1. The highest BCUT2D eigenvalue weighted by Gasteiger charge is 2.23. The topological polar surface area (TPSA) is 9.86 Å². The molecule has 0 amide bonds. The molecule has 0 fully saturated rings. The molecule has 3 aromatic heterocycles. The van der Waals surface area contributed by atoms with E-state index >= 15 is 0 Å². The summed E-state index contributed by atoms with van der Waals surface area (Å²) in [5, 5.41) is 11.6. The second-order valence-electron chi connectivity index (χ2n) is 14.9. The third-order valence-electron chi connectivity index (χ3n) is 11.8. The molecule has 0 aliphatic heterocycles. The first kappa shape index (κ1) is 31.4. The average molecular weight is 731 g/mol. The van der Waals surface area contributed by atoms with Crippen LogP contribution in [-0.4, -0.2) is 9.13 Å². The van der Waals surface area contributed by atoms with Gasteiger partial charge >= 0.3 is 0 Å². The summed E-state index contributed by atoms with van der Waals surface area (Å²) < 4.78 is 7.55. The van der Waals surface area contributed by atoms with E-state index in [4.69, 9.17) is 0 Å². The van der Waals surface area contributed by atoms with Gasteiger partial charge in [-0.05, 0) is 92.8 Å². The molecule has 0 bridgehead atoms. The zero-order valence-corrected chi connectivity index (χ0v) is 31.2. The van der Waals surface area contributed by atoms with E-state index in [1.807, 2.05) is 11.3 Å². The first-order valence-electron chi connectivity index (χ1n) is 19.3. The summed E-state index contributed by atoms with van der Waals surface area (Å²) in [6.45, 7) is 0. The van der Waals surface area contributed by atoms with Crippen molar-refractivity contribution < 1.29 is 0 Å². The summed E-state index contributed by atoms with van der Waals surface area (Å²) >= 11 is 1.87. The van der Waals surface area contributed by atoms with Crippen molar-refractivity contribution in [2.24, 2.45) is 0 Å². The Morgan fingerprint density at radius 1 is 0.339 bits per heavy atom. The van der Waals surface area contributed by atoms with Gasteiger partial charge in [-0.2, -0.15) is 0 Å². The maximum atomic E-state index is 2.46. The van der Waals surface area contributed by atoms with E-state index < -0.39 is 0 Å². The van der Waals surface area contributed by atoms with Gasteiger partial charge in [0.1, 0.15) is 5.65 Å². The molecule has 1 unspecified atom stereocenters. The smallest absolute Gasteiger partial charge is 0.131 e. The molecular formula is C53H34N2S. The molecule has 0 saturated heterocycles. The average Bonchev–Trinajstić information content (AvgIpc) is 3.92. The molecule has 262 valence electrons. The molecule has 3 heteroatoms. The molecule has 9 aromatic carbocycles. The van der Waals surface area contributed by atoms with Crippen molar-refractivity contribution in [2.45, 2.75) is 5.92 Å². The number of nitrogens with zero attached hydrogens (tertiary/aromatic N) is 2. The lowest BCUT2D eigenvalue weighted by molar-refractivity contribution is 0.979. The fourth-order valence-electron chi connectivity index (χ4n) is 9.33. The SMILES string of the molecule is c1ccc(-n2c3ccccc3c3c4ccccc4n(-c4ccc(C(c5ccc6c(ccc7ccccc76)c5)c5ccc6sc7ccccc7c6c5)cc4)c32)cc1. The number of benzene rings is 9. The third-order valence-corrected chi connectivity index (χ3v) is 13.0. The number of rotatable bonds is 5. The van der Waals surface area contributed by atoms with Crippen LogP contribution in [0.25, 0.3) is 85.9 Å². The summed E-state index contributed by atoms with van der Waals surface area (Å²) in [7, 11) is 0. The summed E-state index contributed by atoms with van der Waals surface area (Å²) in [6.07, 6.45) is 0. The van der Waals surface area contributed by atoms with Crippen LogP contribution >= 0.6 is 11.3 Å². The largest absolute Gasteiger partial charge is 0.295 e. The van der Waals surface area contributed by atoms with E-state index in [9.17, 15) is 0 Å². The maximum Gasteiger partial charge on any atom is 0.131 e. The molecule has 0 aliphatic rings. The van der Waals surface area contributed by atoms with Crippen LogP contribution < -0.4 is 0 Å². The summed E-state index contributed by atoms with van der Waals surface area (Å²) in [5.41, 5.74) is 9.74. The summed E-state index contributed by atoms with van der Waals surface area (Å²) in [5.74, 6) is 0.0418. The Kier molecular flexibility index (Phi) is 6.89. The standard InChI is InChI=1S/C53H34N2S/c1-2-13-39(14-3-1)54-47-19-9-6-17-44(47)52-45-18-7-10-20-48(45)55(53(52)54)40-28-24-35(25-29-40)51(38-27-31-50-46(33-38)43-16-8-11-21-49(43)56-50)37-26-30-42-36(32-37)23-22-34-12-4-5-15-41(34)42/h1-33,51H. The van der Waals surface area contributed by atoms with E-state index in [-0.39, 0.29) is 5.92 Å². The van der Waals surface area contributed by atoms with Crippen molar-refractivity contribution in [3.8, 4) is 11.4 Å². The molecule has 0 spiro atoms. The summed E-state index contributed by atoms with van der Waals surface area (Å²) in [4.78, 5) is 0. The molecule has 56 heavy (non-hydrogen) atoms. The second-order valence-corrected chi connectivity index (χ2v) is 16.0. The highest BCUT2D eigenvalue weighted by molar-refractivity contribution is 7.25. The zero-order valence-electron chi connectivity index (χ0n) is 30.4. The quantitative estimate of drug-likeness (QED) is 0.123. The first-order valence-corrected chi connectivity index (χ1v) is 20.1. The van der Waals surface area contributed by atoms with Crippen LogP contribution in [-0.2, 0) is 0 Å². The Morgan fingerprint density at radius 2 is 0.875 bits per heavy atom. The van der Waals surface area contributed by atoms with Crippen molar-refractivity contribution in [3.05, 3.63) is 217 Å². The van der Waals surface area contributed by atoms with Crippen LogP contribution in [0.2, 0.25) is 0 Å². The van der Waals surface area contributed by atoms with Gasteiger partial charge in [-0.25, -0.2) is 0 Å². The number of thiophene rings is 1. The Balaban J connectivity index is 1.08. The number of hydrogen-bond donors (Lipinski definition) is 0. The third kappa shape index (κ3) is 4.68. The Labute approximate surface area is 327 Å². The lowest BCUT2D eigenvalue weighted by Gasteiger charge is -2.21. The molecule has 0 N–H and O–H groups in total. The van der Waals surface area contributed by atoms with Gasteiger partial charge in [-0.1, -0.05) is 146 Å². The highest BCUT2D eigenvalue weighted by Crippen LogP contribution is 2.43. The van der Waals surface area contributed by atoms with Gasteiger partial charge in [-0.15, -0.1) is 11.3 Å². The van der Waals surface area contributed by atoms with Crippen LogP contribution in [0.5, 0.6) is 0 Å². The molecule has 0 aliphatic carbocycles. The molecule has 12 rings (SSSR count). The molecule has 3 heterocycles. The van der Waals surface area contributed by atoms with Gasteiger partial charge in [0.15, 0.2) is 0 Å². The van der Waals surface area contributed by atoms with Crippen molar-refractivity contribution in [1.82, 2.24) is 9.13 Å². The molecule has 1 atom stereocenters. The molecular weight excluding hydrogens is 697 g/mol. The van der Waals surface area contributed by atoms with Crippen molar-refractivity contribution in [3.63, 3.8) is 0 Å². The van der Waals surface area contributed by atoms with E-state index in [0.717, 1.165) is 11.4 Å².